The topological polar surface area (TPSA) is 80.5 Å². The van der Waals surface area contributed by atoms with Gasteiger partial charge in [0.05, 0.1) is 4.92 Å². The number of hydrogen-bond donors (Lipinski definition) is 0. The molecule has 0 saturated heterocycles. The number of rotatable bonds is 6. The minimum Gasteiger partial charge on any atom is -0.369 e. The molecule has 2 aromatic carbocycles. The molecule has 0 spiro atoms. The van der Waals surface area contributed by atoms with Crippen molar-refractivity contribution in [1.29, 1.82) is 0 Å². The van der Waals surface area contributed by atoms with Gasteiger partial charge in [0.15, 0.2) is 9.84 Å². The minimum absolute atomic E-state index is 0.258. The number of nitrogens with zero attached hydrogens (tertiary/aromatic N) is 2. The van der Waals surface area contributed by atoms with Gasteiger partial charge in [0.2, 0.25) is 0 Å². The van der Waals surface area contributed by atoms with Crippen LogP contribution in [0.1, 0.15) is 5.56 Å². The number of hydrogen-bond acceptors (Lipinski definition) is 5. The van der Waals surface area contributed by atoms with Crippen LogP contribution in [0.3, 0.4) is 0 Å². The lowest BCUT2D eigenvalue weighted by Crippen LogP contribution is -2.22. The summed E-state index contributed by atoms with van der Waals surface area (Å²) < 4.78 is 23.6. The van der Waals surface area contributed by atoms with Gasteiger partial charge in [-0.05, 0) is 24.1 Å². The van der Waals surface area contributed by atoms with Crippen LogP contribution in [0.4, 0.5) is 11.4 Å². The van der Waals surface area contributed by atoms with Crippen LogP contribution in [-0.2, 0) is 16.3 Å². The fourth-order valence-corrected chi connectivity index (χ4v) is 3.22. The summed E-state index contributed by atoms with van der Waals surface area (Å²) in [6.07, 6.45) is 1.68. The summed E-state index contributed by atoms with van der Waals surface area (Å²) in [5.74, 6) is 0. The Morgan fingerprint density at radius 1 is 1.09 bits per heavy atom. The first-order chi connectivity index (χ1) is 10.8. The van der Waals surface area contributed by atoms with Crippen LogP contribution in [-0.4, -0.2) is 33.2 Å². The molecule has 0 aliphatic carbocycles. The molecule has 23 heavy (non-hydrogen) atoms. The minimum atomic E-state index is -3.67. The summed E-state index contributed by atoms with van der Waals surface area (Å²) in [6.45, 7) is 0.540. The third-order valence-electron chi connectivity index (χ3n) is 3.55. The van der Waals surface area contributed by atoms with E-state index in [-0.39, 0.29) is 10.6 Å². The molecule has 0 unspecified atom stereocenters. The van der Waals surface area contributed by atoms with Crippen LogP contribution >= 0.6 is 0 Å². The molecular weight excluding hydrogens is 316 g/mol. The zero-order valence-electron chi connectivity index (χ0n) is 13.0. The van der Waals surface area contributed by atoms with E-state index in [2.05, 4.69) is 0 Å². The van der Waals surface area contributed by atoms with Crippen molar-refractivity contribution in [3.05, 3.63) is 64.2 Å². The highest BCUT2D eigenvalue weighted by molar-refractivity contribution is 7.90. The van der Waals surface area contributed by atoms with E-state index in [1.54, 1.807) is 18.0 Å². The molecular formula is C16H18N2O4S. The van der Waals surface area contributed by atoms with Crippen LogP contribution in [0.2, 0.25) is 0 Å². The Kier molecular flexibility index (Phi) is 5.00. The molecule has 0 radical (unpaired) electrons. The average molecular weight is 334 g/mol. The van der Waals surface area contributed by atoms with E-state index in [0.717, 1.165) is 11.8 Å². The van der Waals surface area contributed by atoms with Crippen molar-refractivity contribution < 1.29 is 13.3 Å². The number of sulfone groups is 1. The van der Waals surface area contributed by atoms with Crippen LogP contribution in [0.15, 0.2) is 53.4 Å². The van der Waals surface area contributed by atoms with E-state index in [9.17, 15) is 18.5 Å². The number of anilines is 1. The summed E-state index contributed by atoms with van der Waals surface area (Å²) >= 11 is 0. The van der Waals surface area contributed by atoms with Gasteiger partial charge in [0, 0.05) is 19.8 Å². The Balaban J connectivity index is 2.33. The van der Waals surface area contributed by atoms with Crippen LogP contribution < -0.4 is 4.90 Å². The quantitative estimate of drug-likeness (QED) is 0.599. The third kappa shape index (κ3) is 4.07. The van der Waals surface area contributed by atoms with Crippen molar-refractivity contribution in [2.45, 2.75) is 11.3 Å². The second-order valence-electron chi connectivity index (χ2n) is 5.31. The van der Waals surface area contributed by atoms with E-state index < -0.39 is 14.8 Å². The van der Waals surface area contributed by atoms with Crippen molar-refractivity contribution in [2.24, 2.45) is 0 Å². The number of nitro groups is 1. The molecule has 0 aliphatic rings. The van der Waals surface area contributed by atoms with Crippen molar-refractivity contribution in [3.63, 3.8) is 0 Å². The molecule has 0 aromatic heterocycles. The van der Waals surface area contributed by atoms with Gasteiger partial charge < -0.3 is 4.90 Å². The Labute approximate surface area is 135 Å². The molecule has 7 heteroatoms. The fraction of sp³-hybridized carbons (Fsp3) is 0.250. The van der Waals surface area contributed by atoms with E-state index in [0.29, 0.717) is 18.7 Å². The zero-order chi connectivity index (χ0) is 17.0. The van der Waals surface area contributed by atoms with E-state index in [1.165, 1.54) is 12.1 Å². The summed E-state index contributed by atoms with van der Waals surface area (Å²) in [6, 6.07) is 14.1. The maximum Gasteiger partial charge on any atom is 0.311 e. The summed E-state index contributed by atoms with van der Waals surface area (Å²) in [5.41, 5.74) is 1.04. The van der Waals surface area contributed by atoms with Crippen LogP contribution in [0.5, 0.6) is 0 Å². The van der Waals surface area contributed by atoms with E-state index >= 15 is 0 Å². The Hall–Kier alpha value is -2.41. The second kappa shape index (κ2) is 6.78. The summed E-state index contributed by atoms with van der Waals surface area (Å²) in [4.78, 5) is 12.2. The summed E-state index contributed by atoms with van der Waals surface area (Å²) in [5, 5.41) is 11.4. The molecule has 0 atom stereocenters. The lowest BCUT2D eigenvalue weighted by atomic mass is 10.1. The normalized spacial score (nSPS) is 11.2. The van der Waals surface area contributed by atoms with Crippen molar-refractivity contribution >= 4 is 21.2 Å². The first-order valence-electron chi connectivity index (χ1n) is 7.03. The zero-order valence-corrected chi connectivity index (χ0v) is 13.8. The van der Waals surface area contributed by atoms with E-state index in [4.69, 9.17) is 0 Å². The molecule has 0 heterocycles. The average Bonchev–Trinajstić information content (AvgIpc) is 2.52. The highest BCUT2D eigenvalue weighted by Crippen LogP contribution is 2.34. The largest absolute Gasteiger partial charge is 0.369 e. The number of likely N-dealkylation sites (N-methyl/N-ethyl adjacent to an activating group) is 1. The number of para-hydroxylation sites is 1. The first kappa shape index (κ1) is 17.0. The molecule has 122 valence electrons. The number of nitro benzene ring substituents is 1. The van der Waals surface area contributed by atoms with Crippen LogP contribution in [0.25, 0.3) is 0 Å². The highest BCUT2D eigenvalue weighted by atomic mass is 32.2. The molecule has 0 fully saturated rings. The molecule has 0 amide bonds. The lowest BCUT2D eigenvalue weighted by molar-refractivity contribution is -0.387. The van der Waals surface area contributed by atoms with Gasteiger partial charge >= 0.3 is 5.69 Å². The maximum absolute atomic E-state index is 11.8. The summed E-state index contributed by atoms with van der Waals surface area (Å²) in [7, 11) is -1.95. The Morgan fingerprint density at radius 3 is 2.30 bits per heavy atom. The van der Waals surface area contributed by atoms with Crippen molar-refractivity contribution in [2.75, 3.05) is 24.7 Å². The van der Waals surface area contributed by atoms with E-state index in [1.807, 2.05) is 30.3 Å². The fourth-order valence-electron chi connectivity index (χ4n) is 2.36. The molecule has 0 bridgehead atoms. The monoisotopic (exact) mass is 334 g/mol. The predicted octanol–water partition coefficient (Wildman–Crippen LogP) is 2.68. The van der Waals surface area contributed by atoms with Crippen molar-refractivity contribution in [1.82, 2.24) is 0 Å². The smallest absolute Gasteiger partial charge is 0.311 e. The molecule has 6 nitrogen and oxygen atoms in total. The van der Waals surface area contributed by atoms with Gasteiger partial charge in [0.25, 0.3) is 0 Å². The molecule has 2 aromatic rings. The van der Waals surface area contributed by atoms with Gasteiger partial charge in [-0.25, -0.2) is 8.42 Å². The maximum atomic E-state index is 11.8. The third-order valence-corrected chi connectivity index (χ3v) is 4.68. The van der Waals surface area contributed by atoms with Gasteiger partial charge in [-0.15, -0.1) is 0 Å². The number of benzene rings is 2. The van der Waals surface area contributed by atoms with Crippen molar-refractivity contribution in [3.8, 4) is 0 Å². The standard InChI is InChI=1S/C16H18N2O4S/c1-17(12-11-13-7-4-3-5-8-13)14-9-6-10-15(23(2,21)22)16(14)18(19)20/h3-10H,11-12H2,1-2H3. The highest BCUT2D eigenvalue weighted by Gasteiger charge is 2.27. The van der Waals surface area contributed by atoms with Gasteiger partial charge in [-0.3, -0.25) is 10.1 Å². The lowest BCUT2D eigenvalue weighted by Gasteiger charge is -2.20. The SMILES string of the molecule is CN(CCc1ccccc1)c1cccc(S(C)(=O)=O)c1[N+](=O)[O-]. The van der Waals surface area contributed by atoms with Crippen LogP contribution in [0, 0.1) is 10.1 Å². The van der Waals surface area contributed by atoms with Gasteiger partial charge in [0.1, 0.15) is 10.6 Å². The van der Waals surface area contributed by atoms with Gasteiger partial charge in [-0.2, -0.15) is 0 Å². The Bertz CT molecular complexity index is 804. The molecule has 0 saturated carbocycles. The first-order valence-corrected chi connectivity index (χ1v) is 8.92. The molecule has 0 N–H and O–H groups in total. The molecule has 0 aliphatic heterocycles. The second-order valence-corrected chi connectivity index (χ2v) is 7.29. The predicted molar refractivity (Wildman–Crippen MR) is 89.6 cm³/mol. The Morgan fingerprint density at radius 2 is 1.74 bits per heavy atom. The van der Waals surface area contributed by atoms with Gasteiger partial charge in [-0.1, -0.05) is 36.4 Å². The molecule has 2 rings (SSSR count).